The number of rotatable bonds is 40. The summed E-state index contributed by atoms with van der Waals surface area (Å²) in [6.45, 7) is 2.89. The van der Waals surface area contributed by atoms with Crippen molar-refractivity contribution in [3.05, 3.63) is 12.2 Å². The van der Waals surface area contributed by atoms with Crippen molar-refractivity contribution < 1.29 is 19.4 Å². The topological polar surface area (TPSA) is 63.6 Å². The van der Waals surface area contributed by atoms with Gasteiger partial charge in [0.2, 0.25) is 0 Å². The summed E-state index contributed by atoms with van der Waals surface area (Å²) in [6, 6.07) is 0. The second kappa shape index (κ2) is 40.9. The SMILES string of the molecule is CCCCCCCCC=CCCCCCCCCCCCC(=O)OCCCCCCCCCCCCCCCCCCCCC(=O)O. The Balaban J connectivity index is 3.18. The quantitative estimate of drug-likeness (QED) is 0.0403. The molecule has 0 spiro atoms. The largest absolute Gasteiger partial charge is 0.481 e. The van der Waals surface area contributed by atoms with Crippen LogP contribution in [0, 0.1) is 0 Å². The molecule has 4 nitrogen and oxygen atoms in total. The fourth-order valence-corrected chi connectivity index (χ4v) is 6.51. The fraction of sp³-hybridized carbons (Fsp3) is 0.907. The molecule has 278 valence electrons. The zero-order chi connectivity index (χ0) is 34.1. The summed E-state index contributed by atoms with van der Waals surface area (Å²) < 4.78 is 5.46. The summed E-state index contributed by atoms with van der Waals surface area (Å²) in [6.07, 6.45) is 51.0. The van der Waals surface area contributed by atoms with E-state index in [1.54, 1.807) is 0 Å². The molecule has 0 heterocycles. The molecule has 0 atom stereocenters. The van der Waals surface area contributed by atoms with Gasteiger partial charge in [0.25, 0.3) is 0 Å². The summed E-state index contributed by atoms with van der Waals surface area (Å²) in [7, 11) is 0. The first-order chi connectivity index (χ1) is 23.2. The van der Waals surface area contributed by atoms with Crippen molar-refractivity contribution in [3.8, 4) is 0 Å². The Bertz CT molecular complexity index is 658. The van der Waals surface area contributed by atoms with Gasteiger partial charge in [-0.1, -0.05) is 199 Å². The van der Waals surface area contributed by atoms with E-state index in [0.29, 0.717) is 19.4 Å². The van der Waals surface area contributed by atoms with Gasteiger partial charge in [0.1, 0.15) is 0 Å². The van der Waals surface area contributed by atoms with E-state index in [2.05, 4.69) is 19.1 Å². The lowest BCUT2D eigenvalue weighted by molar-refractivity contribution is -0.144. The number of carbonyl (C=O) groups excluding carboxylic acids is 1. The lowest BCUT2D eigenvalue weighted by Crippen LogP contribution is -2.05. The molecule has 0 fully saturated rings. The van der Waals surface area contributed by atoms with E-state index in [1.165, 1.54) is 199 Å². The molecule has 4 heteroatoms. The molecule has 0 unspecified atom stereocenters. The van der Waals surface area contributed by atoms with Crippen molar-refractivity contribution in [2.75, 3.05) is 6.61 Å². The molecule has 0 amide bonds. The number of carboxylic acid groups (broad SMARTS) is 1. The van der Waals surface area contributed by atoms with Crippen LogP contribution >= 0.6 is 0 Å². The number of esters is 1. The van der Waals surface area contributed by atoms with E-state index >= 15 is 0 Å². The van der Waals surface area contributed by atoms with Gasteiger partial charge in [-0.15, -0.1) is 0 Å². The van der Waals surface area contributed by atoms with Gasteiger partial charge in [0, 0.05) is 12.8 Å². The Hall–Kier alpha value is -1.32. The van der Waals surface area contributed by atoms with Crippen LogP contribution in [0.1, 0.15) is 244 Å². The van der Waals surface area contributed by atoms with Crippen molar-refractivity contribution in [1.82, 2.24) is 0 Å². The average molecular weight is 663 g/mol. The van der Waals surface area contributed by atoms with Crippen LogP contribution in [-0.2, 0) is 14.3 Å². The van der Waals surface area contributed by atoms with Gasteiger partial charge in [0.15, 0.2) is 0 Å². The van der Waals surface area contributed by atoms with Crippen LogP contribution in [0.15, 0.2) is 12.2 Å². The molecule has 0 aliphatic heterocycles. The molecule has 0 saturated carbocycles. The number of hydrogen-bond acceptors (Lipinski definition) is 3. The van der Waals surface area contributed by atoms with Crippen LogP contribution in [-0.4, -0.2) is 23.7 Å². The number of unbranched alkanes of at least 4 members (excludes halogenated alkanes) is 32. The van der Waals surface area contributed by atoms with Crippen LogP contribution in [0.4, 0.5) is 0 Å². The monoisotopic (exact) mass is 663 g/mol. The highest BCUT2D eigenvalue weighted by Gasteiger charge is 2.03. The number of ether oxygens (including phenoxy) is 1. The van der Waals surface area contributed by atoms with Gasteiger partial charge in [-0.05, 0) is 44.9 Å². The van der Waals surface area contributed by atoms with Gasteiger partial charge in [0.05, 0.1) is 6.61 Å². The number of hydrogen-bond donors (Lipinski definition) is 1. The van der Waals surface area contributed by atoms with E-state index in [4.69, 9.17) is 9.84 Å². The molecule has 47 heavy (non-hydrogen) atoms. The predicted molar refractivity (Wildman–Crippen MR) is 204 cm³/mol. The lowest BCUT2D eigenvalue weighted by atomic mass is 10.0. The van der Waals surface area contributed by atoms with Crippen molar-refractivity contribution in [3.63, 3.8) is 0 Å². The molecule has 0 bridgehead atoms. The third kappa shape index (κ3) is 42.7. The average Bonchev–Trinajstić information content (AvgIpc) is 3.06. The molecule has 0 saturated heterocycles. The molecule has 0 aromatic rings. The molecule has 0 aliphatic carbocycles. The Labute approximate surface area is 294 Å². The molecule has 0 rings (SSSR count). The first-order valence-corrected chi connectivity index (χ1v) is 21.2. The van der Waals surface area contributed by atoms with Crippen molar-refractivity contribution in [2.24, 2.45) is 0 Å². The molecular weight excluding hydrogens is 580 g/mol. The van der Waals surface area contributed by atoms with Gasteiger partial charge in [-0.2, -0.15) is 0 Å². The maximum Gasteiger partial charge on any atom is 0.305 e. The minimum absolute atomic E-state index is 0.0102. The van der Waals surface area contributed by atoms with Crippen molar-refractivity contribution >= 4 is 11.9 Å². The van der Waals surface area contributed by atoms with Crippen LogP contribution in [0.3, 0.4) is 0 Å². The Morgan fingerprint density at radius 3 is 1.06 bits per heavy atom. The second-order valence-electron chi connectivity index (χ2n) is 14.5. The third-order valence-electron chi connectivity index (χ3n) is 9.69. The number of aliphatic carboxylic acids is 1. The highest BCUT2D eigenvalue weighted by atomic mass is 16.5. The fourth-order valence-electron chi connectivity index (χ4n) is 6.51. The Morgan fingerprint density at radius 1 is 0.404 bits per heavy atom. The molecule has 0 aliphatic rings. The Kier molecular flexibility index (Phi) is 39.7. The maximum absolute atomic E-state index is 12.0. The third-order valence-corrected chi connectivity index (χ3v) is 9.69. The van der Waals surface area contributed by atoms with E-state index in [1.807, 2.05) is 0 Å². The van der Waals surface area contributed by atoms with Crippen LogP contribution in [0.2, 0.25) is 0 Å². The molecule has 0 aromatic carbocycles. The molecule has 0 aromatic heterocycles. The molecule has 0 radical (unpaired) electrons. The molecular formula is C43H82O4. The van der Waals surface area contributed by atoms with E-state index in [-0.39, 0.29) is 5.97 Å². The van der Waals surface area contributed by atoms with Crippen LogP contribution in [0.5, 0.6) is 0 Å². The zero-order valence-corrected chi connectivity index (χ0v) is 31.7. The number of carbonyl (C=O) groups is 2. The first-order valence-electron chi connectivity index (χ1n) is 21.2. The maximum atomic E-state index is 12.0. The first kappa shape index (κ1) is 45.7. The molecule has 1 N–H and O–H groups in total. The summed E-state index contributed by atoms with van der Waals surface area (Å²) >= 11 is 0. The van der Waals surface area contributed by atoms with Crippen LogP contribution < -0.4 is 0 Å². The van der Waals surface area contributed by atoms with Gasteiger partial charge in [-0.3, -0.25) is 9.59 Å². The minimum Gasteiger partial charge on any atom is -0.481 e. The smallest absolute Gasteiger partial charge is 0.305 e. The summed E-state index contributed by atoms with van der Waals surface area (Å²) in [5.74, 6) is -0.651. The highest BCUT2D eigenvalue weighted by molar-refractivity contribution is 5.69. The summed E-state index contributed by atoms with van der Waals surface area (Å²) in [5, 5.41) is 8.64. The van der Waals surface area contributed by atoms with E-state index < -0.39 is 5.97 Å². The number of allylic oxidation sites excluding steroid dienone is 2. The van der Waals surface area contributed by atoms with Gasteiger partial charge in [-0.25, -0.2) is 0 Å². The van der Waals surface area contributed by atoms with Gasteiger partial charge >= 0.3 is 11.9 Å². The number of carboxylic acids is 1. The van der Waals surface area contributed by atoms with Gasteiger partial charge < -0.3 is 9.84 Å². The van der Waals surface area contributed by atoms with E-state index in [9.17, 15) is 9.59 Å². The standard InChI is InChI=1S/C43H82O4/c1-2-3-4-5-6-7-8-9-10-11-12-16-19-22-25-28-31-34-37-40-43(46)47-41-38-35-32-29-26-23-20-17-14-13-15-18-21-24-27-30-33-36-39-42(44)45/h9-10H,2-8,11-41H2,1H3,(H,44,45). The summed E-state index contributed by atoms with van der Waals surface area (Å²) in [5.41, 5.74) is 0. The van der Waals surface area contributed by atoms with Crippen molar-refractivity contribution in [1.29, 1.82) is 0 Å². The van der Waals surface area contributed by atoms with Crippen LogP contribution in [0.25, 0.3) is 0 Å². The second-order valence-corrected chi connectivity index (χ2v) is 14.5. The van der Waals surface area contributed by atoms with Crippen molar-refractivity contribution in [2.45, 2.75) is 244 Å². The Morgan fingerprint density at radius 2 is 0.702 bits per heavy atom. The zero-order valence-electron chi connectivity index (χ0n) is 31.7. The highest BCUT2D eigenvalue weighted by Crippen LogP contribution is 2.16. The predicted octanol–water partition coefficient (Wildman–Crippen LogP) is 14.6. The van der Waals surface area contributed by atoms with E-state index in [0.717, 1.165) is 25.7 Å². The minimum atomic E-state index is -0.661. The normalized spacial score (nSPS) is 11.5. The lowest BCUT2D eigenvalue weighted by Gasteiger charge is -2.06. The summed E-state index contributed by atoms with van der Waals surface area (Å²) in [4.78, 5) is 22.5.